The SMILES string of the molecule is COc1ccc(Cl)cc1/C=N\Nc1nc2ccccc2s1. The number of anilines is 1. The Hall–Kier alpha value is -2.11. The van der Waals surface area contributed by atoms with Crippen LogP contribution < -0.4 is 10.2 Å². The monoisotopic (exact) mass is 317 g/mol. The summed E-state index contributed by atoms with van der Waals surface area (Å²) in [6.07, 6.45) is 1.66. The van der Waals surface area contributed by atoms with Crippen molar-refractivity contribution in [2.24, 2.45) is 5.10 Å². The van der Waals surface area contributed by atoms with E-state index in [1.165, 1.54) is 0 Å². The average molecular weight is 318 g/mol. The van der Waals surface area contributed by atoms with Gasteiger partial charge in [0.15, 0.2) is 0 Å². The van der Waals surface area contributed by atoms with Gasteiger partial charge in [0.25, 0.3) is 0 Å². The largest absolute Gasteiger partial charge is 0.496 e. The van der Waals surface area contributed by atoms with Crippen molar-refractivity contribution < 1.29 is 4.74 Å². The Kier molecular flexibility index (Phi) is 4.03. The first-order chi connectivity index (χ1) is 10.3. The number of benzene rings is 2. The minimum absolute atomic E-state index is 0.636. The summed E-state index contributed by atoms with van der Waals surface area (Å²) in [4.78, 5) is 4.44. The van der Waals surface area contributed by atoms with Crippen LogP contribution in [0.4, 0.5) is 5.13 Å². The Bertz CT molecular complexity index is 767. The van der Waals surface area contributed by atoms with Crippen LogP contribution in [0, 0.1) is 0 Å². The molecular formula is C15H12ClN3OS. The van der Waals surface area contributed by atoms with E-state index in [4.69, 9.17) is 16.3 Å². The summed E-state index contributed by atoms with van der Waals surface area (Å²) in [5.41, 5.74) is 4.69. The number of halogens is 1. The lowest BCUT2D eigenvalue weighted by Crippen LogP contribution is -1.93. The van der Waals surface area contributed by atoms with Gasteiger partial charge in [0, 0.05) is 10.6 Å². The van der Waals surface area contributed by atoms with Crippen molar-refractivity contribution in [3.05, 3.63) is 53.1 Å². The first kappa shape index (κ1) is 13.9. The van der Waals surface area contributed by atoms with Gasteiger partial charge in [0.2, 0.25) is 5.13 Å². The number of fused-ring (bicyclic) bond motifs is 1. The normalized spacial score (nSPS) is 11.1. The van der Waals surface area contributed by atoms with E-state index >= 15 is 0 Å². The maximum Gasteiger partial charge on any atom is 0.204 e. The number of aromatic nitrogens is 1. The van der Waals surface area contributed by atoms with E-state index in [0.717, 1.165) is 20.9 Å². The topological polar surface area (TPSA) is 46.5 Å². The molecule has 0 amide bonds. The van der Waals surface area contributed by atoms with E-state index in [1.807, 2.05) is 24.3 Å². The van der Waals surface area contributed by atoms with Crippen LogP contribution in [0.2, 0.25) is 5.02 Å². The number of hydrogen-bond acceptors (Lipinski definition) is 5. The molecule has 0 radical (unpaired) electrons. The number of ether oxygens (including phenoxy) is 1. The zero-order valence-corrected chi connectivity index (χ0v) is 12.8. The predicted molar refractivity (Wildman–Crippen MR) is 88.8 cm³/mol. The van der Waals surface area contributed by atoms with Gasteiger partial charge in [-0.05, 0) is 30.3 Å². The van der Waals surface area contributed by atoms with Crippen LogP contribution in [0.5, 0.6) is 5.75 Å². The van der Waals surface area contributed by atoms with Crippen LogP contribution in [0.3, 0.4) is 0 Å². The summed E-state index contributed by atoms with van der Waals surface area (Å²) in [6, 6.07) is 13.3. The molecule has 0 aliphatic rings. The molecule has 6 heteroatoms. The standard InChI is InChI=1S/C15H12ClN3OS/c1-20-13-7-6-11(16)8-10(13)9-17-19-15-18-12-4-2-3-5-14(12)21-15/h2-9H,1H3,(H,18,19)/b17-9-. The lowest BCUT2D eigenvalue weighted by molar-refractivity contribution is 0.414. The third-order valence-corrected chi connectivity index (χ3v) is 4.03. The summed E-state index contributed by atoms with van der Waals surface area (Å²) in [6.45, 7) is 0. The van der Waals surface area contributed by atoms with Crippen molar-refractivity contribution in [3.8, 4) is 5.75 Å². The second-order valence-corrected chi connectivity index (χ2v) is 5.71. The second-order valence-electron chi connectivity index (χ2n) is 4.24. The van der Waals surface area contributed by atoms with Crippen LogP contribution in [-0.2, 0) is 0 Å². The molecule has 4 nitrogen and oxygen atoms in total. The quantitative estimate of drug-likeness (QED) is 0.573. The third-order valence-electron chi connectivity index (χ3n) is 2.85. The van der Waals surface area contributed by atoms with Crippen LogP contribution >= 0.6 is 22.9 Å². The molecule has 0 aliphatic heterocycles. The first-order valence-electron chi connectivity index (χ1n) is 6.24. The highest BCUT2D eigenvalue weighted by molar-refractivity contribution is 7.22. The van der Waals surface area contributed by atoms with E-state index < -0.39 is 0 Å². The van der Waals surface area contributed by atoms with E-state index in [2.05, 4.69) is 15.5 Å². The van der Waals surface area contributed by atoms with E-state index in [9.17, 15) is 0 Å². The molecule has 0 saturated carbocycles. The molecule has 1 aromatic heterocycles. The third kappa shape index (κ3) is 3.15. The van der Waals surface area contributed by atoms with Gasteiger partial charge in [-0.3, -0.25) is 5.43 Å². The van der Waals surface area contributed by atoms with Gasteiger partial charge in [-0.15, -0.1) is 0 Å². The van der Waals surface area contributed by atoms with Crippen LogP contribution in [0.25, 0.3) is 10.2 Å². The highest BCUT2D eigenvalue weighted by Gasteiger charge is 2.03. The number of thiazole rings is 1. The number of para-hydroxylation sites is 1. The minimum Gasteiger partial charge on any atom is -0.496 e. The van der Waals surface area contributed by atoms with Crippen molar-refractivity contribution in [1.29, 1.82) is 0 Å². The molecule has 1 heterocycles. The molecule has 0 unspecified atom stereocenters. The Morgan fingerprint density at radius 1 is 1.29 bits per heavy atom. The summed E-state index contributed by atoms with van der Waals surface area (Å²) in [5, 5.41) is 5.57. The minimum atomic E-state index is 0.636. The van der Waals surface area contributed by atoms with Crippen molar-refractivity contribution in [2.75, 3.05) is 12.5 Å². The zero-order chi connectivity index (χ0) is 14.7. The molecule has 3 aromatic rings. The molecule has 106 valence electrons. The maximum absolute atomic E-state index is 5.98. The first-order valence-corrected chi connectivity index (χ1v) is 7.44. The molecule has 2 aromatic carbocycles. The summed E-state index contributed by atoms with van der Waals surface area (Å²) in [5.74, 6) is 0.717. The number of nitrogens with zero attached hydrogens (tertiary/aromatic N) is 2. The lowest BCUT2D eigenvalue weighted by Gasteiger charge is -2.04. The Balaban J connectivity index is 1.79. The molecule has 3 rings (SSSR count). The van der Waals surface area contributed by atoms with Crippen LogP contribution in [-0.4, -0.2) is 18.3 Å². The fraction of sp³-hybridized carbons (Fsp3) is 0.0667. The van der Waals surface area contributed by atoms with Crippen molar-refractivity contribution >= 4 is 44.5 Å². The van der Waals surface area contributed by atoms with E-state index in [0.29, 0.717) is 10.8 Å². The number of nitrogens with one attached hydrogen (secondary N) is 1. The maximum atomic E-state index is 5.98. The van der Waals surface area contributed by atoms with Crippen molar-refractivity contribution in [3.63, 3.8) is 0 Å². The van der Waals surface area contributed by atoms with E-state index in [-0.39, 0.29) is 0 Å². The molecule has 0 fully saturated rings. The molecule has 0 bridgehead atoms. The highest BCUT2D eigenvalue weighted by Crippen LogP contribution is 2.25. The molecule has 21 heavy (non-hydrogen) atoms. The van der Waals surface area contributed by atoms with Crippen molar-refractivity contribution in [1.82, 2.24) is 4.98 Å². The average Bonchev–Trinajstić information content (AvgIpc) is 2.90. The zero-order valence-electron chi connectivity index (χ0n) is 11.2. The molecule has 0 atom stereocenters. The smallest absolute Gasteiger partial charge is 0.204 e. The van der Waals surface area contributed by atoms with Crippen LogP contribution in [0.15, 0.2) is 47.6 Å². The highest BCUT2D eigenvalue weighted by atomic mass is 35.5. The van der Waals surface area contributed by atoms with Gasteiger partial charge in [0.05, 0.1) is 23.5 Å². The Morgan fingerprint density at radius 2 is 2.14 bits per heavy atom. The molecule has 0 saturated heterocycles. The number of hydrogen-bond donors (Lipinski definition) is 1. The van der Waals surface area contributed by atoms with E-state index in [1.54, 1.807) is 42.9 Å². The molecule has 0 spiro atoms. The van der Waals surface area contributed by atoms with Crippen molar-refractivity contribution in [2.45, 2.75) is 0 Å². The molecular weight excluding hydrogens is 306 g/mol. The van der Waals surface area contributed by atoms with Gasteiger partial charge in [-0.1, -0.05) is 35.1 Å². The number of hydrazone groups is 1. The van der Waals surface area contributed by atoms with Crippen LogP contribution in [0.1, 0.15) is 5.56 Å². The fourth-order valence-electron chi connectivity index (χ4n) is 1.88. The lowest BCUT2D eigenvalue weighted by atomic mass is 10.2. The summed E-state index contributed by atoms with van der Waals surface area (Å²) in [7, 11) is 1.61. The molecule has 1 N–H and O–H groups in total. The second kappa shape index (κ2) is 6.11. The van der Waals surface area contributed by atoms with Gasteiger partial charge in [-0.25, -0.2) is 4.98 Å². The Labute approximate surface area is 131 Å². The molecule has 0 aliphatic carbocycles. The summed E-state index contributed by atoms with van der Waals surface area (Å²) < 4.78 is 6.38. The van der Waals surface area contributed by atoms with Gasteiger partial charge in [0.1, 0.15) is 5.75 Å². The number of methoxy groups -OCH3 is 1. The number of rotatable bonds is 4. The fourth-order valence-corrected chi connectivity index (χ4v) is 2.88. The Morgan fingerprint density at radius 3 is 2.95 bits per heavy atom. The van der Waals surface area contributed by atoms with Gasteiger partial charge < -0.3 is 4.74 Å². The predicted octanol–water partition coefficient (Wildman–Crippen LogP) is 4.40. The van der Waals surface area contributed by atoms with Gasteiger partial charge >= 0.3 is 0 Å². The summed E-state index contributed by atoms with van der Waals surface area (Å²) >= 11 is 7.53. The van der Waals surface area contributed by atoms with Gasteiger partial charge in [-0.2, -0.15) is 5.10 Å².